The molecule has 3 aromatic heterocycles. The van der Waals surface area contributed by atoms with Crippen molar-refractivity contribution in [2.45, 2.75) is 32.6 Å². The van der Waals surface area contributed by atoms with Gasteiger partial charge >= 0.3 is 0 Å². The summed E-state index contributed by atoms with van der Waals surface area (Å²) in [6.45, 7) is 3.90. The third-order valence-corrected chi connectivity index (χ3v) is 4.92. The zero-order valence-corrected chi connectivity index (χ0v) is 15.3. The van der Waals surface area contributed by atoms with Crippen LogP contribution < -0.4 is 5.32 Å². The van der Waals surface area contributed by atoms with Gasteiger partial charge in [-0.2, -0.15) is 0 Å². The predicted octanol–water partition coefficient (Wildman–Crippen LogP) is 2.81. The molecule has 27 heavy (non-hydrogen) atoms. The van der Waals surface area contributed by atoms with Gasteiger partial charge in [0.15, 0.2) is 0 Å². The normalized spacial score (nSPS) is 17.3. The van der Waals surface area contributed by atoms with Crippen molar-refractivity contribution >= 4 is 5.91 Å². The molecule has 4 heterocycles. The van der Waals surface area contributed by atoms with Crippen molar-refractivity contribution in [1.82, 2.24) is 19.8 Å². The van der Waals surface area contributed by atoms with Crippen molar-refractivity contribution in [1.29, 1.82) is 0 Å². The Bertz CT molecular complexity index is 857. The van der Waals surface area contributed by atoms with E-state index in [2.05, 4.69) is 44.2 Å². The zero-order chi connectivity index (χ0) is 18.5. The van der Waals surface area contributed by atoms with Crippen LogP contribution >= 0.6 is 0 Å². The zero-order valence-electron chi connectivity index (χ0n) is 15.3. The van der Waals surface area contributed by atoms with Gasteiger partial charge in [0.2, 0.25) is 5.91 Å². The molecule has 1 aliphatic rings. The molecule has 140 valence electrons. The van der Waals surface area contributed by atoms with Gasteiger partial charge in [-0.15, -0.1) is 0 Å². The highest BCUT2D eigenvalue weighted by atomic mass is 16.3. The number of nitrogens with one attached hydrogen (secondary N) is 1. The first kappa shape index (κ1) is 17.5. The summed E-state index contributed by atoms with van der Waals surface area (Å²) < 4.78 is 7.55. The molecule has 6 nitrogen and oxygen atoms in total. The van der Waals surface area contributed by atoms with Crippen LogP contribution in [0.15, 0.2) is 65.7 Å². The lowest BCUT2D eigenvalue weighted by Crippen LogP contribution is -2.32. The molecule has 0 radical (unpaired) electrons. The molecular formula is C21H24N4O2. The summed E-state index contributed by atoms with van der Waals surface area (Å²) in [5.41, 5.74) is 2.48. The Morgan fingerprint density at radius 3 is 3.00 bits per heavy atom. The first-order valence-electron chi connectivity index (χ1n) is 9.30. The standard InChI is InChI=1S/C21H24N4O2/c26-21(23-12-20-6-3-9-27-20)10-18-14-24(13-17-4-1-7-22-11-17)16-19-5-2-8-25(19)15-18/h1-9,11,18H,10,12-16H2,(H,23,26)/t18-/m1/s1. The maximum absolute atomic E-state index is 12.4. The largest absolute Gasteiger partial charge is 0.467 e. The lowest BCUT2D eigenvalue weighted by Gasteiger charge is -2.23. The SMILES string of the molecule is O=C(C[C@@H]1CN(Cc2cccnc2)Cc2cccn2C1)NCc1ccco1. The molecule has 0 aromatic carbocycles. The van der Waals surface area contributed by atoms with Crippen LogP contribution in [-0.2, 0) is 31.0 Å². The number of furan rings is 1. The minimum absolute atomic E-state index is 0.0633. The average molecular weight is 364 g/mol. The van der Waals surface area contributed by atoms with Gasteiger partial charge in [-0.25, -0.2) is 0 Å². The van der Waals surface area contributed by atoms with Crippen LogP contribution in [0, 0.1) is 5.92 Å². The number of rotatable bonds is 6. The molecule has 0 fully saturated rings. The van der Waals surface area contributed by atoms with Gasteiger partial charge in [0.25, 0.3) is 0 Å². The first-order chi connectivity index (χ1) is 13.3. The molecule has 1 amide bonds. The minimum atomic E-state index is 0.0633. The van der Waals surface area contributed by atoms with Gasteiger partial charge in [0.1, 0.15) is 5.76 Å². The summed E-state index contributed by atoms with van der Waals surface area (Å²) >= 11 is 0. The monoisotopic (exact) mass is 364 g/mol. The van der Waals surface area contributed by atoms with E-state index in [1.54, 1.807) is 12.5 Å². The summed E-state index contributed by atoms with van der Waals surface area (Å²) in [5.74, 6) is 1.09. The van der Waals surface area contributed by atoms with Gasteiger partial charge in [0, 0.05) is 56.9 Å². The molecule has 0 unspecified atom stereocenters. The average Bonchev–Trinajstić information content (AvgIpc) is 3.31. The fourth-order valence-electron chi connectivity index (χ4n) is 3.70. The third kappa shape index (κ3) is 4.65. The Balaban J connectivity index is 1.41. The van der Waals surface area contributed by atoms with Crippen LogP contribution in [-0.4, -0.2) is 26.9 Å². The van der Waals surface area contributed by atoms with E-state index in [9.17, 15) is 4.79 Å². The Morgan fingerprint density at radius 2 is 2.19 bits per heavy atom. The number of carbonyl (C=O) groups is 1. The number of hydrogen-bond donors (Lipinski definition) is 1. The fourth-order valence-corrected chi connectivity index (χ4v) is 3.70. The summed E-state index contributed by atoms with van der Waals surface area (Å²) in [5, 5.41) is 2.96. The second kappa shape index (κ2) is 8.22. The maximum atomic E-state index is 12.4. The summed E-state index contributed by atoms with van der Waals surface area (Å²) in [6.07, 6.45) is 7.94. The van der Waals surface area contributed by atoms with Gasteiger partial charge in [-0.05, 0) is 41.8 Å². The predicted molar refractivity (Wildman–Crippen MR) is 101 cm³/mol. The van der Waals surface area contributed by atoms with Gasteiger partial charge in [-0.1, -0.05) is 6.07 Å². The van der Waals surface area contributed by atoms with E-state index in [1.165, 1.54) is 11.3 Å². The molecule has 1 atom stereocenters. The molecule has 0 saturated heterocycles. The van der Waals surface area contributed by atoms with Crippen LogP contribution in [0.5, 0.6) is 0 Å². The molecule has 1 N–H and O–H groups in total. The quantitative estimate of drug-likeness (QED) is 0.731. The van der Waals surface area contributed by atoms with E-state index in [0.717, 1.165) is 31.9 Å². The van der Waals surface area contributed by atoms with E-state index in [4.69, 9.17) is 4.42 Å². The van der Waals surface area contributed by atoms with E-state index in [0.29, 0.717) is 13.0 Å². The van der Waals surface area contributed by atoms with Crippen LogP contribution in [0.4, 0.5) is 0 Å². The highest BCUT2D eigenvalue weighted by molar-refractivity contribution is 5.76. The van der Waals surface area contributed by atoms with Crippen molar-refractivity contribution in [3.63, 3.8) is 0 Å². The number of carbonyl (C=O) groups excluding carboxylic acids is 1. The number of amides is 1. The maximum Gasteiger partial charge on any atom is 0.220 e. The van der Waals surface area contributed by atoms with Gasteiger partial charge in [-0.3, -0.25) is 14.7 Å². The molecule has 4 rings (SSSR count). The molecule has 3 aromatic rings. The van der Waals surface area contributed by atoms with E-state index < -0.39 is 0 Å². The highest BCUT2D eigenvalue weighted by Crippen LogP contribution is 2.21. The summed E-state index contributed by atoms with van der Waals surface area (Å²) in [4.78, 5) is 19.1. The Hall–Kier alpha value is -2.86. The Labute approximate surface area is 158 Å². The van der Waals surface area contributed by atoms with Gasteiger partial charge < -0.3 is 14.3 Å². The van der Waals surface area contributed by atoms with Crippen molar-refractivity contribution in [2.24, 2.45) is 5.92 Å². The Morgan fingerprint density at radius 1 is 1.22 bits per heavy atom. The number of fused-ring (bicyclic) bond motifs is 1. The van der Waals surface area contributed by atoms with Crippen molar-refractivity contribution in [3.05, 3.63) is 78.3 Å². The smallest absolute Gasteiger partial charge is 0.220 e. The number of aromatic nitrogens is 2. The lowest BCUT2D eigenvalue weighted by atomic mass is 10.0. The highest BCUT2D eigenvalue weighted by Gasteiger charge is 2.23. The van der Waals surface area contributed by atoms with Crippen LogP contribution in [0.2, 0.25) is 0 Å². The second-order valence-corrected chi connectivity index (χ2v) is 7.11. The molecular weight excluding hydrogens is 340 g/mol. The summed E-state index contributed by atoms with van der Waals surface area (Å²) in [7, 11) is 0. The summed E-state index contributed by atoms with van der Waals surface area (Å²) in [6, 6.07) is 12.0. The van der Waals surface area contributed by atoms with E-state index in [1.807, 2.05) is 24.4 Å². The molecule has 6 heteroatoms. The van der Waals surface area contributed by atoms with Crippen LogP contribution in [0.3, 0.4) is 0 Å². The first-order valence-corrected chi connectivity index (χ1v) is 9.30. The topological polar surface area (TPSA) is 63.3 Å². The van der Waals surface area contributed by atoms with Crippen molar-refractivity contribution in [3.8, 4) is 0 Å². The molecule has 0 bridgehead atoms. The van der Waals surface area contributed by atoms with Crippen molar-refractivity contribution < 1.29 is 9.21 Å². The molecule has 1 aliphatic heterocycles. The number of pyridine rings is 1. The van der Waals surface area contributed by atoms with E-state index >= 15 is 0 Å². The number of nitrogens with zero attached hydrogens (tertiary/aromatic N) is 3. The van der Waals surface area contributed by atoms with Crippen molar-refractivity contribution in [2.75, 3.05) is 6.54 Å². The number of hydrogen-bond acceptors (Lipinski definition) is 4. The van der Waals surface area contributed by atoms with E-state index in [-0.39, 0.29) is 11.8 Å². The Kier molecular flexibility index (Phi) is 5.34. The molecule has 0 spiro atoms. The van der Waals surface area contributed by atoms with Crippen LogP contribution in [0.25, 0.3) is 0 Å². The molecule has 0 aliphatic carbocycles. The van der Waals surface area contributed by atoms with Crippen LogP contribution in [0.1, 0.15) is 23.4 Å². The van der Waals surface area contributed by atoms with Gasteiger partial charge in [0.05, 0.1) is 12.8 Å². The second-order valence-electron chi connectivity index (χ2n) is 7.11. The lowest BCUT2D eigenvalue weighted by molar-refractivity contribution is -0.122. The minimum Gasteiger partial charge on any atom is -0.467 e. The molecule has 0 saturated carbocycles. The fraction of sp³-hybridized carbons (Fsp3) is 0.333. The third-order valence-electron chi connectivity index (χ3n) is 4.92.